The van der Waals surface area contributed by atoms with E-state index in [1.54, 1.807) is 0 Å². The molecule has 1 aliphatic rings. The largest absolute Gasteiger partial charge is 0.310 e. The Morgan fingerprint density at radius 2 is 2.00 bits per heavy atom. The molecule has 0 bridgehead atoms. The third kappa shape index (κ3) is 2.60. The van der Waals surface area contributed by atoms with Crippen molar-refractivity contribution < 1.29 is 0 Å². The van der Waals surface area contributed by atoms with Crippen molar-refractivity contribution in [3.05, 3.63) is 35.4 Å². The van der Waals surface area contributed by atoms with Gasteiger partial charge in [-0.1, -0.05) is 31.2 Å². The number of nitrogens with one attached hydrogen (secondary N) is 1. The topological polar surface area (TPSA) is 12.0 Å². The number of hydrogen-bond donors (Lipinski definition) is 1. The van der Waals surface area contributed by atoms with Crippen LogP contribution in [0.3, 0.4) is 0 Å². The molecule has 1 N–H and O–H groups in total. The van der Waals surface area contributed by atoms with Crippen LogP contribution in [-0.2, 0) is 0 Å². The van der Waals surface area contributed by atoms with Crippen LogP contribution < -0.4 is 5.32 Å². The lowest BCUT2D eigenvalue weighted by Crippen LogP contribution is -2.25. The van der Waals surface area contributed by atoms with Gasteiger partial charge in [-0.15, -0.1) is 0 Å². The van der Waals surface area contributed by atoms with Gasteiger partial charge in [0.25, 0.3) is 0 Å². The molecule has 0 saturated heterocycles. The Bertz CT molecular complexity index is 339. The van der Waals surface area contributed by atoms with E-state index in [1.807, 2.05) is 0 Å². The molecule has 0 amide bonds. The minimum absolute atomic E-state index is 0.476. The number of aryl methyl sites for hydroxylation is 1. The molecule has 82 valence electrons. The average Bonchev–Trinajstić information content (AvgIpc) is 2.95. The lowest BCUT2D eigenvalue weighted by atomic mass is 10.0. The first kappa shape index (κ1) is 10.7. The summed E-state index contributed by atoms with van der Waals surface area (Å²) in [4.78, 5) is 0. The maximum atomic E-state index is 3.64. The van der Waals surface area contributed by atoms with Gasteiger partial charge in [0.1, 0.15) is 0 Å². The third-order valence-corrected chi connectivity index (χ3v) is 3.59. The van der Waals surface area contributed by atoms with E-state index >= 15 is 0 Å². The summed E-state index contributed by atoms with van der Waals surface area (Å²) in [5.74, 6) is 0. The van der Waals surface area contributed by atoms with Gasteiger partial charge in [0.2, 0.25) is 0 Å². The zero-order valence-electron chi connectivity index (χ0n) is 10.0. The van der Waals surface area contributed by atoms with Crippen molar-refractivity contribution in [2.24, 2.45) is 5.41 Å². The molecule has 1 nitrogen and oxygen atoms in total. The Kier molecular flexibility index (Phi) is 2.83. The predicted molar refractivity (Wildman–Crippen MR) is 64.9 cm³/mol. The van der Waals surface area contributed by atoms with Gasteiger partial charge in [-0.05, 0) is 43.2 Å². The van der Waals surface area contributed by atoms with Crippen molar-refractivity contribution >= 4 is 0 Å². The van der Waals surface area contributed by atoms with Crippen LogP contribution >= 0.6 is 0 Å². The second-order valence-corrected chi connectivity index (χ2v) is 5.27. The van der Waals surface area contributed by atoms with E-state index in [-0.39, 0.29) is 0 Å². The number of rotatable bonds is 4. The van der Waals surface area contributed by atoms with Crippen LogP contribution in [0.5, 0.6) is 0 Å². The highest BCUT2D eigenvalue weighted by atomic mass is 14.9. The first-order valence-electron chi connectivity index (χ1n) is 5.90. The van der Waals surface area contributed by atoms with Crippen LogP contribution in [-0.4, -0.2) is 6.54 Å². The maximum absolute atomic E-state index is 3.64. The van der Waals surface area contributed by atoms with E-state index < -0.39 is 0 Å². The van der Waals surface area contributed by atoms with Crippen LogP contribution in [0.4, 0.5) is 0 Å². The van der Waals surface area contributed by atoms with Crippen molar-refractivity contribution in [1.29, 1.82) is 0 Å². The molecule has 1 unspecified atom stereocenters. The molecule has 1 heteroatoms. The molecule has 0 aromatic heterocycles. The normalized spacial score (nSPS) is 19.9. The van der Waals surface area contributed by atoms with Crippen LogP contribution in [0.15, 0.2) is 24.3 Å². The standard InChI is InChI=1S/C14H21N/c1-11-6-4-5-7-13(11)12(2)15-10-14(3)8-9-14/h4-7,12,15H,8-10H2,1-3H3. The molecular formula is C14H21N. The van der Waals surface area contributed by atoms with Crippen LogP contribution in [0, 0.1) is 12.3 Å². The zero-order chi connectivity index (χ0) is 10.9. The summed E-state index contributed by atoms with van der Waals surface area (Å²) in [7, 11) is 0. The minimum Gasteiger partial charge on any atom is -0.310 e. The summed E-state index contributed by atoms with van der Waals surface area (Å²) >= 11 is 0. The van der Waals surface area contributed by atoms with Gasteiger partial charge in [-0.25, -0.2) is 0 Å². The highest BCUT2D eigenvalue weighted by Gasteiger charge is 2.36. The van der Waals surface area contributed by atoms with Gasteiger partial charge in [0, 0.05) is 12.6 Å². The fourth-order valence-corrected chi connectivity index (χ4v) is 1.97. The SMILES string of the molecule is Cc1ccccc1C(C)NCC1(C)CC1. The van der Waals surface area contributed by atoms with E-state index in [4.69, 9.17) is 0 Å². The van der Waals surface area contributed by atoms with Crippen molar-refractivity contribution in [3.63, 3.8) is 0 Å². The molecule has 0 heterocycles. The summed E-state index contributed by atoms with van der Waals surface area (Å²) in [5, 5.41) is 3.64. The molecule has 0 spiro atoms. The molecule has 2 rings (SSSR count). The van der Waals surface area contributed by atoms with Crippen LogP contribution in [0.2, 0.25) is 0 Å². The fourth-order valence-electron chi connectivity index (χ4n) is 1.97. The Morgan fingerprint density at radius 1 is 1.33 bits per heavy atom. The van der Waals surface area contributed by atoms with E-state index in [2.05, 4.69) is 50.4 Å². The van der Waals surface area contributed by atoms with Gasteiger partial charge >= 0.3 is 0 Å². The first-order valence-corrected chi connectivity index (χ1v) is 5.90. The maximum Gasteiger partial charge on any atom is 0.0294 e. The van der Waals surface area contributed by atoms with E-state index in [0.29, 0.717) is 11.5 Å². The molecule has 1 atom stereocenters. The summed E-state index contributed by atoms with van der Waals surface area (Å²) in [5.41, 5.74) is 3.41. The zero-order valence-corrected chi connectivity index (χ0v) is 10.0. The van der Waals surface area contributed by atoms with Gasteiger partial charge in [-0.2, -0.15) is 0 Å². The molecule has 1 aromatic carbocycles. The third-order valence-electron chi connectivity index (χ3n) is 3.59. The smallest absolute Gasteiger partial charge is 0.0294 e. The predicted octanol–water partition coefficient (Wildman–Crippen LogP) is 3.45. The van der Waals surface area contributed by atoms with E-state index in [0.717, 1.165) is 6.54 Å². The molecule has 15 heavy (non-hydrogen) atoms. The Hall–Kier alpha value is -0.820. The number of hydrogen-bond acceptors (Lipinski definition) is 1. The monoisotopic (exact) mass is 203 g/mol. The van der Waals surface area contributed by atoms with Gasteiger partial charge in [0.05, 0.1) is 0 Å². The highest BCUT2D eigenvalue weighted by Crippen LogP contribution is 2.44. The van der Waals surface area contributed by atoms with Crippen molar-refractivity contribution in [2.75, 3.05) is 6.54 Å². The number of benzene rings is 1. The lowest BCUT2D eigenvalue weighted by Gasteiger charge is -2.19. The van der Waals surface area contributed by atoms with E-state index in [9.17, 15) is 0 Å². The second-order valence-electron chi connectivity index (χ2n) is 5.27. The molecule has 1 aromatic rings. The molecule has 1 saturated carbocycles. The van der Waals surface area contributed by atoms with E-state index in [1.165, 1.54) is 24.0 Å². The van der Waals surface area contributed by atoms with Gasteiger partial charge < -0.3 is 5.32 Å². The molecule has 0 aliphatic heterocycles. The Balaban J connectivity index is 1.95. The molecule has 1 aliphatic carbocycles. The van der Waals surface area contributed by atoms with Crippen LogP contribution in [0.25, 0.3) is 0 Å². The van der Waals surface area contributed by atoms with Crippen LogP contribution in [0.1, 0.15) is 43.9 Å². The lowest BCUT2D eigenvalue weighted by molar-refractivity contribution is 0.456. The average molecular weight is 203 g/mol. The summed E-state index contributed by atoms with van der Waals surface area (Å²) in [6.07, 6.45) is 2.78. The van der Waals surface area contributed by atoms with Gasteiger partial charge in [-0.3, -0.25) is 0 Å². The Morgan fingerprint density at radius 3 is 2.60 bits per heavy atom. The summed E-state index contributed by atoms with van der Waals surface area (Å²) in [6, 6.07) is 9.12. The molecule has 0 radical (unpaired) electrons. The molecular weight excluding hydrogens is 182 g/mol. The highest BCUT2D eigenvalue weighted by molar-refractivity contribution is 5.28. The molecule has 1 fully saturated rings. The van der Waals surface area contributed by atoms with Crippen molar-refractivity contribution in [2.45, 2.75) is 39.7 Å². The van der Waals surface area contributed by atoms with Crippen molar-refractivity contribution in [1.82, 2.24) is 5.32 Å². The van der Waals surface area contributed by atoms with Crippen molar-refractivity contribution in [3.8, 4) is 0 Å². The Labute approximate surface area is 92.9 Å². The fraction of sp³-hybridized carbons (Fsp3) is 0.571. The quantitative estimate of drug-likeness (QED) is 0.790. The summed E-state index contributed by atoms with van der Waals surface area (Å²) in [6.45, 7) is 7.97. The summed E-state index contributed by atoms with van der Waals surface area (Å²) < 4.78 is 0. The van der Waals surface area contributed by atoms with Gasteiger partial charge in [0.15, 0.2) is 0 Å². The minimum atomic E-state index is 0.476. The second kappa shape index (κ2) is 3.97. The first-order chi connectivity index (χ1) is 7.11.